The van der Waals surface area contributed by atoms with Gasteiger partial charge in [0, 0.05) is 27.2 Å². The zero-order valence-electron chi connectivity index (χ0n) is 8.87. The van der Waals surface area contributed by atoms with Crippen LogP contribution in [-0.4, -0.2) is 0 Å². The number of benzene rings is 2. The van der Waals surface area contributed by atoms with Crippen LogP contribution in [0.1, 0.15) is 5.56 Å². The fourth-order valence-electron chi connectivity index (χ4n) is 1.44. The van der Waals surface area contributed by atoms with E-state index in [-0.39, 0.29) is 5.82 Å². The molecule has 0 aliphatic heterocycles. The third kappa shape index (κ3) is 3.08. The summed E-state index contributed by atoms with van der Waals surface area (Å²) < 4.78 is 12.8. The largest absolute Gasteiger partial charge is 0.355 e. The molecule has 1 N–H and O–H groups in total. The number of halogens is 2. The number of anilines is 2. The standard InChI is InChI=1S/C14H9BrFN/c15-10-9-11-3-1-2-4-14(11)17-13-7-5-12(16)6-8-13/h1-8,17H. The average Bonchev–Trinajstić information content (AvgIpc) is 2.35. The minimum Gasteiger partial charge on any atom is -0.355 e. The van der Waals surface area contributed by atoms with Crippen molar-refractivity contribution in [2.24, 2.45) is 0 Å². The van der Waals surface area contributed by atoms with Crippen molar-refractivity contribution >= 4 is 27.3 Å². The highest BCUT2D eigenvalue weighted by Crippen LogP contribution is 2.20. The first-order valence-electron chi connectivity index (χ1n) is 5.03. The summed E-state index contributed by atoms with van der Waals surface area (Å²) in [6, 6.07) is 13.9. The van der Waals surface area contributed by atoms with E-state index in [1.165, 1.54) is 12.1 Å². The van der Waals surface area contributed by atoms with Crippen molar-refractivity contribution < 1.29 is 4.39 Å². The predicted octanol–water partition coefficient (Wildman–Crippen LogP) is 4.27. The second-order valence-corrected chi connectivity index (χ2v) is 3.79. The van der Waals surface area contributed by atoms with Crippen LogP contribution in [0.5, 0.6) is 0 Å². The Bertz CT molecular complexity index is 567. The number of para-hydroxylation sites is 1. The van der Waals surface area contributed by atoms with Gasteiger partial charge in [-0.3, -0.25) is 0 Å². The van der Waals surface area contributed by atoms with Crippen LogP contribution in [0.2, 0.25) is 0 Å². The summed E-state index contributed by atoms with van der Waals surface area (Å²) in [5.41, 5.74) is 2.61. The van der Waals surface area contributed by atoms with E-state index in [1.807, 2.05) is 24.3 Å². The van der Waals surface area contributed by atoms with E-state index in [2.05, 4.69) is 32.0 Å². The molecular weight excluding hydrogens is 281 g/mol. The quantitative estimate of drug-likeness (QED) is 0.814. The van der Waals surface area contributed by atoms with Gasteiger partial charge in [-0.25, -0.2) is 4.39 Å². The van der Waals surface area contributed by atoms with Gasteiger partial charge >= 0.3 is 0 Å². The van der Waals surface area contributed by atoms with Crippen LogP contribution in [-0.2, 0) is 0 Å². The predicted molar refractivity (Wildman–Crippen MR) is 71.9 cm³/mol. The monoisotopic (exact) mass is 289 g/mol. The van der Waals surface area contributed by atoms with Gasteiger partial charge in [-0.1, -0.05) is 18.1 Å². The molecule has 17 heavy (non-hydrogen) atoms. The molecule has 0 atom stereocenters. The fourth-order valence-corrected chi connectivity index (χ4v) is 1.65. The van der Waals surface area contributed by atoms with Crippen LogP contribution in [0.4, 0.5) is 15.8 Å². The van der Waals surface area contributed by atoms with Crippen molar-refractivity contribution in [3.8, 4) is 10.8 Å². The second-order valence-electron chi connectivity index (χ2n) is 3.40. The van der Waals surface area contributed by atoms with E-state index in [9.17, 15) is 4.39 Å². The minimum atomic E-state index is -0.246. The van der Waals surface area contributed by atoms with E-state index >= 15 is 0 Å². The summed E-state index contributed by atoms with van der Waals surface area (Å²) in [5.74, 6) is 2.69. The summed E-state index contributed by atoms with van der Waals surface area (Å²) in [6.07, 6.45) is 0. The Morgan fingerprint density at radius 3 is 2.41 bits per heavy atom. The third-order valence-corrected chi connectivity index (χ3v) is 2.43. The van der Waals surface area contributed by atoms with Crippen LogP contribution in [0.3, 0.4) is 0 Å². The van der Waals surface area contributed by atoms with E-state index in [1.54, 1.807) is 12.1 Å². The lowest BCUT2D eigenvalue weighted by molar-refractivity contribution is 0.628. The van der Waals surface area contributed by atoms with Crippen molar-refractivity contribution in [2.45, 2.75) is 0 Å². The van der Waals surface area contributed by atoms with E-state index in [4.69, 9.17) is 0 Å². The smallest absolute Gasteiger partial charge is 0.123 e. The molecule has 0 radical (unpaired) electrons. The van der Waals surface area contributed by atoms with Gasteiger partial charge in [-0.15, -0.1) is 0 Å². The molecule has 0 saturated carbocycles. The number of hydrogen-bond donors (Lipinski definition) is 1. The van der Waals surface area contributed by atoms with Gasteiger partial charge in [-0.2, -0.15) is 0 Å². The van der Waals surface area contributed by atoms with Crippen molar-refractivity contribution in [2.75, 3.05) is 5.32 Å². The van der Waals surface area contributed by atoms with Gasteiger partial charge < -0.3 is 5.32 Å². The van der Waals surface area contributed by atoms with Crippen molar-refractivity contribution in [1.82, 2.24) is 0 Å². The lowest BCUT2D eigenvalue weighted by atomic mass is 10.2. The van der Waals surface area contributed by atoms with Gasteiger partial charge in [0.1, 0.15) is 5.82 Å². The second kappa shape index (κ2) is 5.51. The number of hydrogen-bond acceptors (Lipinski definition) is 1. The summed E-state index contributed by atoms with van der Waals surface area (Å²) in [7, 11) is 0. The van der Waals surface area contributed by atoms with Crippen molar-refractivity contribution in [3.63, 3.8) is 0 Å². The maximum Gasteiger partial charge on any atom is 0.123 e. The van der Waals surface area contributed by atoms with Crippen molar-refractivity contribution in [1.29, 1.82) is 0 Å². The topological polar surface area (TPSA) is 12.0 Å². The maximum atomic E-state index is 12.8. The molecule has 0 aliphatic rings. The van der Waals surface area contributed by atoms with Gasteiger partial charge in [0.15, 0.2) is 0 Å². The Morgan fingerprint density at radius 1 is 1.00 bits per heavy atom. The Labute approximate surface area is 108 Å². The molecule has 0 spiro atoms. The van der Waals surface area contributed by atoms with E-state index in [0.29, 0.717) is 0 Å². The van der Waals surface area contributed by atoms with Gasteiger partial charge in [0.05, 0.1) is 5.69 Å². The Balaban J connectivity index is 2.28. The molecule has 2 aromatic rings. The van der Waals surface area contributed by atoms with Crippen LogP contribution < -0.4 is 5.32 Å². The Kier molecular flexibility index (Phi) is 3.79. The Hall–Kier alpha value is -1.79. The summed E-state index contributed by atoms with van der Waals surface area (Å²) in [5, 5.41) is 3.19. The van der Waals surface area contributed by atoms with Crippen LogP contribution in [0.25, 0.3) is 0 Å². The maximum absolute atomic E-state index is 12.8. The first-order valence-corrected chi connectivity index (χ1v) is 5.82. The van der Waals surface area contributed by atoms with Crippen LogP contribution >= 0.6 is 15.9 Å². The zero-order valence-corrected chi connectivity index (χ0v) is 10.5. The highest BCUT2D eigenvalue weighted by Gasteiger charge is 1.99. The molecule has 0 aromatic heterocycles. The molecule has 0 heterocycles. The molecule has 0 fully saturated rings. The first-order chi connectivity index (χ1) is 8.29. The fraction of sp³-hybridized carbons (Fsp3) is 0. The number of nitrogens with one attached hydrogen (secondary N) is 1. The molecule has 2 rings (SSSR count). The van der Waals surface area contributed by atoms with E-state index < -0.39 is 0 Å². The first kappa shape index (κ1) is 11.7. The molecule has 0 unspecified atom stereocenters. The van der Waals surface area contributed by atoms with Crippen LogP contribution in [0.15, 0.2) is 48.5 Å². The minimum absolute atomic E-state index is 0.246. The Morgan fingerprint density at radius 2 is 1.71 bits per heavy atom. The molecular formula is C14H9BrFN. The molecule has 2 aromatic carbocycles. The van der Waals surface area contributed by atoms with Gasteiger partial charge in [-0.05, 0) is 41.2 Å². The molecule has 0 bridgehead atoms. The highest BCUT2D eigenvalue weighted by atomic mass is 79.9. The van der Waals surface area contributed by atoms with E-state index in [0.717, 1.165) is 16.9 Å². The summed E-state index contributed by atoms with van der Waals surface area (Å²) >= 11 is 3.08. The summed E-state index contributed by atoms with van der Waals surface area (Å²) in [6.45, 7) is 0. The third-order valence-electron chi connectivity index (χ3n) is 2.23. The normalized spacial score (nSPS) is 9.29. The van der Waals surface area contributed by atoms with Gasteiger partial charge in [0.2, 0.25) is 0 Å². The molecule has 0 saturated heterocycles. The average molecular weight is 290 g/mol. The zero-order chi connectivity index (χ0) is 12.1. The number of rotatable bonds is 2. The lowest BCUT2D eigenvalue weighted by Gasteiger charge is -2.08. The SMILES string of the molecule is Fc1ccc(Nc2ccccc2C#CBr)cc1. The highest BCUT2D eigenvalue weighted by molar-refractivity contribution is 9.12. The molecule has 0 aliphatic carbocycles. The van der Waals surface area contributed by atoms with Crippen molar-refractivity contribution in [3.05, 3.63) is 59.9 Å². The van der Waals surface area contributed by atoms with Crippen LogP contribution in [0, 0.1) is 16.6 Å². The molecule has 3 heteroatoms. The van der Waals surface area contributed by atoms with Gasteiger partial charge in [0.25, 0.3) is 0 Å². The molecule has 1 nitrogen and oxygen atoms in total. The summed E-state index contributed by atoms with van der Waals surface area (Å²) in [4.78, 5) is 2.68. The molecule has 84 valence electrons. The lowest BCUT2D eigenvalue weighted by Crippen LogP contribution is -1.93. The molecule has 0 amide bonds.